The third kappa shape index (κ3) is 3.95. The van der Waals surface area contributed by atoms with E-state index in [0.717, 1.165) is 0 Å². The number of phenols is 2. The number of rotatable bonds is 0. The Morgan fingerprint density at radius 3 is 1.60 bits per heavy atom. The lowest BCUT2D eigenvalue weighted by atomic mass is 10.3. The number of carbonyl (C=O) groups excluding carboxylic acids is 2. The Morgan fingerprint density at radius 1 is 0.933 bits per heavy atom. The maximum atomic E-state index is 10.0. The number of imide groups is 1. The molecule has 1 heterocycles. The lowest BCUT2D eigenvalue weighted by Gasteiger charge is -1.89. The smallest absolute Gasteiger partial charge is 0.250 e. The van der Waals surface area contributed by atoms with Crippen LogP contribution in [0.25, 0.3) is 0 Å². The van der Waals surface area contributed by atoms with Crippen molar-refractivity contribution in [1.82, 2.24) is 5.32 Å². The van der Waals surface area contributed by atoms with Gasteiger partial charge >= 0.3 is 0 Å². The second-order valence-electron chi connectivity index (χ2n) is 2.71. The van der Waals surface area contributed by atoms with Crippen molar-refractivity contribution in [3.8, 4) is 11.5 Å². The third-order valence-electron chi connectivity index (χ3n) is 1.46. The van der Waals surface area contributed by atoms with Gasteiger partial charge in [-0.15, -0.1) is 0 Å². The van der Waals surface area contributed by atoms with Crippen molar-refractivity contribution in [2.24, 2.45) is 0 Å². The number of hydrogen-bond donors (Lipinski definition) is 3. The highest BCUT2D eigenvalue weighted by atomic mass is 16.3. The highest BCUT2D eigenvalue weighted by Gasteiger charge is 2.06. The summed E-state index contributed by atoms with van der Waals surface area (Å²) in [7, 11) is 0. The summed E-state index contributed by atoms with van der Waals surface area (Å²) in [5.41, 5.74) is 0. The largest absolute Gasteiger partial charge is 0.508 e. The van der Waals surface area contributed by atoms with Crippen LogP contribution in [0.4, 0.5) is 0 Å². The number of carbonyl (C=O) groups is 2. The minimum atomic E-state index is -0.329. The number of phenolic OH excluding ortho intramolecular Hbond substituents is 2. The molecule has 3 N–H and O–H groups in total. The van der Waals surface area contributed by atoms with E-state index in [9.17, 15) is 9.59 Å². The molecule has 1 aromatic rings. The van der Waals surface area contributed by atoms with Crippen LogP contribution in [0.15, 0.2) is 36.4 Å². The highest BCUT2D eigenvalue weighted by molar-refractivity contribution is 6.12. The zero-order valence-electron chi connectivity index (χ0n) is 7.68. The molecule has 0 aliphatic carbocycles. The quantitative estimate of drug-likeness (QED) is 0.534. The van der Waals surface area contributed by atoms with Gasteiger partial charge < -0.3 is 10.2 Å². The van der Waals surface area contributed by atoms with Crippen molar-refractivity contribution in [3.63, 3.8) is 0 Å². The maximum Gasteiger partial charge on any atom is 0.250 e. The topological polar surface area (TPSA) is 86.6 Å². The van der Waals surface area contributed by atoms with Crippen LogP contribution in [-0.2, 0) is 9.59 Å². The molecular formula is C10H9NO4. The van der Waals surface area contributed by atoms with E-state index in [1.54, 1.807) is 6.07 Å². The fraction of sp³-hybridized carbons (Fsp3) is 0. The first-order valence-corrected chi connectivity index (χ1v) is 4.09. The Hall–Kier alpha value is -2.30. The van der Waals surface area contributed by atoms with Gasteiger partial charge in [-0.2, -0.15) is 0 Å². The summed E-state index contributed by atoms with van der Waals surface area (Å²) in [6.45, 7) is 0. The Bertz CT molecular complexity index is 378. The van der Waals surface area contributed by atoms with Gasteiger partial charge in [-0.3, -0.25) is 14.9 Å². The van der Waals surface area contributed by atoms with Crippen LogP contribution in [0.2, 0.25) is 0 Å². The average molecular weight is 207 g/mol. The third-order valence-corrected chi connectivity index (χ3v) is 1.46. The summed E-state index contributed by atoms with van der Waals surface area (Å²) in [6.07, 6.45) is 2.39. The molecule has 2 amide bonds. The van der Waals surface area contributed by atoms with E-state index in [2.05, 4.69) is 0 Å². The van der Waals surface area contributed by atoms with Gasteiger partial charge in [-0.25, -0.2) is 0 Å². The molecule has 2 rings (SSSR count). The molecule has 0 spiro atoms. The molecule has 5 heteroatoms. The molecule has 0 fully saturated rings. The highest BCUT2D eigenvalue weighted by Crippen LogP contribution is 2.14. The van der Waals surface area contributed by atoms with E-state index in [4.69, 9.17) is 10.2 Å². The van der Waals surface area contributed by atoms with Gasteiger partial charge in [0.15, 0.2) is 0 Å². The van der Waals surface area contributed by atoms with Gasteiger partial charge in [0.05, 0.1) is 0 Å². The van der Waals surface area contributed by atoms with Crippen LogP contribution < -0.4 is 5.32 Å². The van der Waals surface area contributed by atoms with Gasteiger partial charge in [-0.05, 0) is 12.1 Å². The first-order valence-electron chi connectivity index (χ1n) is 4.09. The fourth-order valence-corrected chi connectivity index (χ4v) is 0.849. The zero-order chi connectivity index (χ0) is 11.3. The Labute approximate surface area is 85.7 Å². The lowest BCUT2D eigenvalue weighted by Crippen LogP contribution is -2.19. The molecule has 1 aliphatic heterocycles. The number of amides is 2. The summed E-state index contributed by atoms with van der Waals surface area (Å²) in [4.78, 5) is 20.1. The first kappa shape index (κ1) is 10.8. The molecule has 0 atom stereocenters. The standard InChI is InChI=1S/C6H6O2.C4H3NO2/c7-5-2-1-3-6(8)4-5;6-3-1-2-4(7)5-3/h1-4,7-8H;1-2H,(H,5,6,7). The Kier molecular flexibility index (Phi) is 3.45. The van der Waals surface area contributed by atoms with Crippen molar-refractivity contribution >= 4 is 11.8 Å². The minimum absolute atomic E-state index is 0.0880. The normalized spacial score (nSPS) is 13.1. The molecule has 0 aromatic heterocycles. The van der Waals surface area contributed by atoms with Gasteiger partial charge in [0.1, 0.15) is 11.5 Å². The van der Waals surface area contributed by atoms with Crippen molar-refractivity contribution < 1.29 is 19.8 Å². The van der Waals surface area contributed by atoms with Gasteiger partial charge in [-0.1, -0.05) is 6.07 Å². The molecule has 0 radical (unpaired) electrons. The monoisotopic (exact) mass is 207 g/mol. The van der Waals surface area contributed by atoms with Crippen molar-refractivity contribution in [1.29, 1.82) is 0 Å². The van der Waals surface area contributed by atoms with E-state index >= 15 is 0 Å². The van der Waals surface area contributed by atoms with Gasteiger partial charge in [0.2, 0.25) is 0 Å². The molecule has 1 aliphatic rings. The van der Waals surface area contributed by atoms with Crippen LogP contribution in [-0.4, -0.2) is 22.0 Å². The summed E-state index contributed by atoms with van der Waals surface area (Å²) < 4.78 is 0. The molecule has 78 valence electrons. The second kappa shape index (κ2) is 4.80. The van der Waals surface area contributed by atoms with Crippen LogP contribution in [0.3, 0.4) is 0 Å². The molecular weight excluding hydrogens is 198 g/mol. The van der Waals surface area contributed by atoms with Crippen LogP contribution in [0.5, 0.6) is 11.5 Å². The summed E-state index contributed by atoms with van der Waals surface area (Å²) >= 11 is 0. The maximum absolute atomic E-state index is 10.0. The first-order chi connectivity index (χ1) is 7.08. The SMILES string of the molecule is O=C1C=CC(=O)N1.Oc1cccc(O)c1. The average Bonchev–Trinajstić information content (AvgIpc) is 2.50. The van der Waals surface area contributed by atoms with Crippen molar-refractivity contribution in [2.75, 3.05) is 0 Å². The molecule has 0 bridgehead atoms. The van der Waals surface area contributed by atoms with Crippen LogP contribution in [0.1, 0.15) is 0 Å². The van der Waals surface area contributed by atoms with E-state index in [-0.39, 0.29) is 23.3 Å². The number of benzene rings is 1. The van der Waals surface area contributed by atoms with Gasteiger partial charge in [0, 0.05) is 18.2 Å². The summed E-state index contributed by atoms with van der Waals surface area (Å²) in [5, 5.41) is 19.3. The Balaban J connectivity index is 0.000000151. The van der Waals surface area contributed by atoms with Crippen LogP contribution >= 0.6 is 0 Å². The predicted octanol–water partition coefficient (Wildman–Crippen LogP) is 0.297. The summed E-state index contributed by atoms with van der Waals surface area (Å²) in [6, 6.07) is 5.85. The van der Waals surface area contributed by atoms with Crippen molar-refractivity contribution in [3.05, 3.63) is 36.4 Å². The van der Waals surface area contributed by atoms with E-state index < -0.39 is 0 Å². The number of aromatic hydroxyl groups is 2. The molecule has 0 saturated heterocycles. The van der Waals surface area contributed by atoms with Crippen LogP contribution in [0, 0.1) is 0 Å². The summed E-state index contributed by atoms with van der Waals surface area (Å²) in [5.74, 6) is -0.481. The molecule has 0 saturated carbocycles. The molecule has 1 aromatic carbocycles. The number of nitrogens with one attached hydrogen (secondary N) is 1. The number of hydrogen-bond acceptors (Lipinski definition) is 4. The molecule has 15 heavy (non-hydrogen) atoms. The Morgan fingerprint density at radius 2 is 1.40 bits per heavy atom. The van der Waals surface area contributed by atoms with E-state index in [1.807, 2.05) is 5.32 Å². The van der Waals surface area contributed by atoms with Gasteiger partial charge in [0.25, 0.3) is 11.8 Å². The fourth-order valence-electron chi connectivity index (χ4n) is 0.849. The minimum Gasteiger partial charge on any atom is -0.508 e. The lowest BCUT2D eigenvalue weighted by molar-refractivity contribution is -0.123. The van der Waals surface area contributed by atoms with Crippen molar-refractivity contribution in [2.45, 2.75) is 0 Å². The van der Waals surface area contributed by atoms with E-state index in [0.29, 0.717) is 0 Å². The van der Waals surface area contributed by atoms with E-state index in [1.165, 1.54) is 30.4 Å². The predicted molar refractivity (Wildman–Crippen MR) is 52.1 cm³/mol. The second-order valence-corrected chi connectivity index (χ2v) is 2.71. The molecule has 5 nitrogen and oxygen atoms in total. The zero-order valence-corrected chi connectivity index (χ0v) is 7.68. The molecule has 0 unspecified atom stereocenters.